The van der Waals surface area contributed by atoms with Gasteiger partial charge >= 0.3 is 0 Å². The number of benzene rings is 1. The fourth-order valence-corrected chi connectivity index (χ4v) is 2.52. The van der Waals surface area contributed by atoms with Crippen molar-refractivity contribution in [3.63, 3.8) is 0 Å². The number of rotatable bonds is 5. The number of carbonyl (C=O) groups excluding carboxylic acids is 1. The molecule has 0 saturated carbocycles. The van der Waals surface area contributed by atoms with E-state index in [-0.39, 0.29) is 16.4 Å². The Kier molecular flexibility index (Phi) is 5.79. The van der Waals surface area contributed by atoms with Crippen LogP contribution >= 0.6 is 15.9 Å². The molecule has 0 aliphatic carbocycles. The van der Waals surface area contributed by atoms with E-state index in [1.165, 1.54) is 12.1 Å². The summed E-state index contributed by atoms with van der Waals surface area (Å²) in [6.45, 7) is 6.20. The number of carbonyl (C=O) groups is 1. The molecule has 1 unspecified atom stereocenters. The predicted octanol–water partition coefficient (Wildman–Crippen LogP) is 4.14. The molecule has 1 N–H and O–H groups in total. The van der Waals surface area contributed by atoms with Crippen LogP contribution < -0.4 is 5.32 Å². The Hall–Kier alpha value is -0.900. The molecule has 1 aromatic rings. The molecule has 0 radical (unpaired) electrons. The molecule has 0 spiro atoms. The van der Waals surface area contributed by atoms with Gasteiger partial charge in [0.25, 0.3) is 5.91 Å². The molecule has 100 valence electrons. The zero-order chi connectivity index (χ0) is 13.7. The standard InChI is InChI=1S/C14H19BrFNO/c1-4-10(5-2)9(3)17-14(18)11-7-6-8-12(16)13(11)15/h6-10H,4-5H2,1-3H3,(H,17,18). The second-order valence-electron chi connectivity index (χ2n) is 4.44. The van der Waals surface area contributed by atoms with Crippen LogP contribution in [0, 0.1) is 11.7 Å². The first-order valence-electron chi connectivity index (χ1n) is 6.26. The lowest BCUT2D eigenvalue weighted by atomic mass is 9.95. The van der Waals surface area contributed by atoms with Gasteiger partial charge in [-0.2, -0.15) is 0 Å². The van der Waals surface area contributed by atoms with Crippen LogP contribution in [0.3, 0.4) is 0 Å². The van der Waals surface area contributed by atoms with Gasteiger partial charge in [0, 0.05) is 6.04 Å². The average molecular weight is 316 g/mol. The summed E-state index contributed by atoms with van der Waals surface area (Å²) in [7, 11) is 0. The topological polar surface area (TPSA) is 29.1 Å². The van der Waals surface area contributed by atoms with E-state index in [2.05, 4.69) is 35.1 Å². The summed E-state index contributed by atoms with van der Waals surface area (Å²) in [6, 6.07) is 4.56. The quantitative estimate of drug-likeness (QED) is 0.869. The molecule has 1 aromatic carbocycles. The summed E-state index contributed by atoms with van der Waals surface area (Å²) < 4.78 is 13.6. The van der Waals surface area contributed by atoms with Crippen LogP contribution in [0.2, 0.25) is 0 Å². The summed E-state index contributed by atoms with van der Waals surface area (Å²) in [4.78, 5) is 12.1. The second kappa shape index (κ2) is 6.88. The molecular weight excluding hydrogens is 297 g/mol. The lowest BCUT2D eigenvalue weighted by Gasteiger charge is -2.22. The van der Waals surface area contributed by atoms with Crippen molar-refractivity contribution >= 4 is 21.8 Å². The van der Waals surface area contributed by atoms with Crippen molar-refractivity contribution in [3.05, 3.63) is 34.1 Å². The molecule has 0 saturated heterocycles. The van der Waals surface area contributed by atoms with Crippen LogP contribution in [0.1, 0.15) is 44.0 Å². The van der Waals surface area contributed by atoms with Gasteiger partial charge in [0.05, 0.1) is 10.0 Å². The number of nitrogens with one attached hydrogen (secondary N) is 1. The Morgan fingerprint density at radius 3 is 2.56 bits per heavy atom. The van der Waals surface area contributed by atoms with Gasteiger partial charge in [-0.3, -0.25) is 4.79 Å². The number of hydrogen-bond donors (Lipinski definition) is 1. The van der Waals surface area contributed by atoms with Crippen molar-refractivity contribution in [3.8, 4) is 0 Å². The minimum Gasteiger partial charge on any atom is -0.349 e. The van der Waals surface area contributed by atoms with Crippen LogP contribution in [0.25, 0.3) is 0 Å². The van der Waals surface area contributed by atoms with Gasteiger partial charge in [-0.1, -0.05) is 32.8 Å². The van der Waals surface area contributed by atoms with E-state index in [9.17, 15) is 9.18 Å². The van der Waals surface area contributed by atoms with Crippen molar-refractivity contribution < 1.29 is 9.18 Å². The zero-order valence-corrected chi connectivity index (χ0v) is 12.6. The molecule has 0 heterocycles. The van der Waals surface area contributed by atoms with Gasteiger partial charge in [-0.15, -0.1) is 0 Å². The fraction of sp³-hybridized carbons (Fsp3) is 0.500. The molecule has 0 aromatic heterocycles. The van der Waals surface area contributed by atoms with E-state index >= 15 is 0 Å². The highest BCUT2D eigenvalue weighted by Gasteiger charge is 2.19. The average Bonchev–Trinajstić information content (AvgIpc) is 2.34. The van der Waals surface area contributed by atoms with Crippen LogP contribution in [0.15, 0.2) is 22.7 Å². The van der Waals surface area contributed by atoms with Gasteiger partial charge < -0.3 is 5.32 Å². The van der Waals surface area contributed by atoms with E-state index in [1.54, 1.807) is 6.07 Å². The Labute approximate surface area is 116 Å². The third-order valence-electron chi connectivity index (χ3n) is 3.31. The molecule has 1 amide bonds. The molecular formula is C14H19BrFNO. The second-order valence-corrected chi connectivity index (χ2v) is 5.23. The van der Waals surface area contributed by atoms with Crippen molar-refractivity contribution in [2.75, 3.05) is 0 Å². The normalized spacial score (nSPS) is 12.6. The van der Waals surface area contributed by atoms with Crippen LogP contribution in [0.5, 0.6) is 0 Å². The largest absolute Gasteiger partial charge is 0.349 e. The van der Waals surface area contributed by atoms with Crippen molar-refractivity contribution in [1.82, 2.24) is 5.32 Å². The fourth-order valence-electron chi connectivity index (χ4n) is 2.08. The van der Waals surface area contributed by atoms with E-state index in [1.807, 2.05) is 6.92 Å². The lowest BCUT2D eigenvalue weighted by molar-refractivity contribution is 0.0924. The van der Waals surface area contributed by atoms with Gasteiger partial charge in [-0.25, -0.2) is 4.39 Å². The Morgan fingerprint density at radius 2 is 2.00 bits per heavy atom. The highest BCUT2D eigenvalue weighted by Crippen LogP contribution is 2.21. The number of hydrogen-bond acceptors (Lipinski definition) is 1. The van der Waals surface area contributed by atoms with Crippen LogP contribution in [-0.2, 0) is 0 Å². The minimum atomic E-state index is -0.419. The minimum absolute atomic E-state index is 0.0858. The Balaban J connectivity index is 2.79. The number of halogens is 2. The van der Waals surface area contributed by atoms with Crippen LogP contribution in [-0.4, -0.2) is 11.9 Å². The van der Waals surface area contributed by atoms with E-state index in [4.69, 9.17) is 0 Å². The summed E-state index contributed by atoms with van der Waals surface area (Å²) >= 11 is 3.11. The van der Waals surface area contributed by atoms with E-state index in [0.717, 1.165) is 12.8 Å². The third kappa shape index (κ3) is 3.55. The zero-order valence-electron chi connectivity index (χ0n) is 11.0. The highest BCUT2D eigenvalue weighted by molar-refractivity contribution is 9.10. The molecule has 4 heteroatoms. The molecule has 2 nitrogen and oxygen atoms in total. The first kappa shape index (κ1) is 15.2. The van der Waals surface area contributed by atoms with Crippen molar-refractivity contribution in [2.24, 2.45) is 5.92 Å². The lowest BCUT2D eigenvalue weighted by Crippen LogP contribution is -2.37. The van der Waals surface area contributed by atoms with E-state index < -0.39 is 5.82 Å². The summed E-state index contributed by atoms with van der Waals surface area (Å²) in [5.41, 5.74) is 0.341. The Morgan fingerprint density at radius 1 is 1.39 bits per heavy atom. The van der Waals surface area contributed by atoms with Gasteiger partial charge in [0.2, 0.25) is 0 Å². The number of amides is 1. The third-order valence-corrected chi connectivity index (χ3v) is 4.12. The van der Waals surface area contributed by atoms with Crippen molar-refractivity contribution in [1.29, 1.82) is 0 Å². The molecule has 1 atom stereocenters. The maximum atomic E-state index is 13.3. The predicted molar refractivity (Wildman–Crippen MR) is 75.1 cm³/mol. The monoisotopic (exact) mass is 315 g/mol. The SMILES string of the molecule is CCC(CC)C(C)NC(=O)c1cccc(F)c1Br. The summed E-state index contributed by atoms with van der Waals surface area (Å²) in [5, 5.41) is 2.93. The maximum absolute atomic E-state index is 13.3. The summed E-state index contributed by atoms with van der Waals surface area (Å²) in [6.07, 6.45) is 2.03. The van der Waals surface area contributed by atoms with Gasteiger partial charge in [-0.05, 0) is 40.9 Å². The van der Waals surface area contributed by atoms with Crippen molar-refractivity contribution in [2.45, 2.75) is 39.7 Å². The van der Waals surface area contributed by atoms with Gasteiger partial charge in [0.1, 0.15) is 5.82 Å². The first-order valence-corrected chi connectivity index (χ1v) is 7.05. The smallest absolute Gasteiger partial charge is 0.252 e. The molecule has 1 rings (SSSR count). The first-order chi connectivity index (χ1) is 8.51. The molecule has 0 aliphatic heterocycles. The maximum Gasteiger partial charge on any atom is 0.252 e. The molecule has 0 bridgehead atoms. The molecule has 18 heavy (non-hydrogen) atoms. The van der Waals surface area contributed by atoms with Gasteiger partial charge in [0.15, 0.2) is 0 Å². The summed E-state index contributed by atoms with van der Waals surface area (Å²) in [5.74, 6) is -0.208. The van der Waals surface area contributed by atoms with E-state index in [0.29, 0.717) is 11.5 Å². The highest BCUT2D eigenvalue weighted by atomic mass is 79.9. The Bertz CT molecular complexity index is 418. The molecule has 0 fully saturated rings. The molecule has 0 aliphatic rings. The van der Waals surface area contributed by atoms with Crippen LogP contribution in [0.4, 0.5) is 4.39 Å².